The SMILES string of the molecule is N#Cc1cnc(NC2CCCCC2N)c([N+](=O)[O-])c1. The molecule has 1 heterocycles. The first-order valence-electron chi connectivity index (χ1n) is 6.18. The predicted octanol–water partition coefficient (Wildman–Crippen LogP) is 1.54. The first-order chi connectivity index (χ1) is 9.11. The van der Waals surface area contributed by atoms with Crippen LogP contribution in [-0.4, -0.2) is 22.0 Å². The highest BCUT2D eigenvalue weighted by molar-refractivity contribution is 5.58. The van der Waals surface area contributed by atoms with Crippen LogP contribution >= 0.6 is 0 Å². The van der Waals surface area contributed by atoms with Crippen molar-refractivity contribution in [3.05, 3.63) is 27.9 Å². The molecule has 0 aliphatic heterocycles. The molecule has 0 bridgehead atoms. The molecule has 0 saturated heterocycles. The quantitative estimate of drug-likeness (QED) is 0.629. The number of hydrogen-bond donors (Lipinski definition) is 2. The number of aromatic nitrogens is 1. The molecule has 0 radical (unpaired) electrons. The number of nitrogens with zero attached hydrogens (tertiary/aromatic N) is 3. The van der Waals surface area contributed by atoms with E-state index in [1.165, 1.54) is 12.3 Å². The summed E-state index contributed by atoms with van der Waals surface area (Å²) in [5.74, 6) is 0.186. The second kappa shape index (κ2) is 5.63. The van der Waals surface area contributed by atoms with E-state index < -0.39 is 4.92 Å². The van der Waals surface area contributed by atoms with E-state index in [1.54, 1.807) is 0 Å². The zero-order valence-electron chi connectivity index (χ0n) is 10.4. The second-order valence-corrected chi connectivity index (χ2v) is 4.66. The van der Waals surface area contributed by atoms with E-state index in [1.807, 2.05) is 6.07 Å². The number of nitro groups is 1. The van der Waals surface area contributed by atoms with Gasteiger partial charge >= 0.3 is 5.69 Å². The molecule has 2 atom stereocenters. The summed E-state index contributed by atoms with van der Waals surface area (Å²) in [7, 11) is 0. The van der Waals surface area contributed by atoms with Crippen molar-refractivity contribution in [3.63, 3.8) is 0 Å². The number of nitriles is 1. The van der Waals surface area contributed by atoms with Gasteiger partial charge < -0.3 is 11.1 Å². The van der Waals surface area contributed by atoms with Crippen molar-refractivity contribution in [3.8, 4) is 6.07 Å². The Morgan fingerprint density at radius 3 is 2.89 bits per heavy atom. The third kappa shape index (κ3) is 2.98. The van der Waals surface area contributed by atoms with Crippen LogP contribution in [0.15, 0.2) is 12.3 Å². The lowest BCUT2D eigenvalue weighted by atomic mass is 9.91. The van der Waals surface area contributed by atoms with Crippen molar-refractivity contribution in [2.75, 3.05) is 5.32 Å². The van der Waals surface area contributed by atoms with Crippen LogP contribution in [-0.2, 0) is 0 Å². The molecule has 100 valence electrons. The highest BCUT2D eigenvalue weighted by Gasteiger charge is 2.25. The fourth-order valence-electron chi connectivity index (χ4n) is 2.28. The Balaban J connectivity index is 2.24. The molecule has 3 N–H and O–H groups in total. The molecule has 1 aromatic rings. The maximum absolute atomic E-state index is 11.0. The Morgan fingerprint density at radius 1 is 1.53 bits per heavy atom. The van der Waals surface area contributed by atoms with Crippen LogP contribution in [0.3, 0.4) is 0 Å². The van der Waals surface area contributed by atoms with Gasteiger partial charge in [0.05, 0.1) is 10.5 Å². The number of hydrogen-bond acceptors (Lipinski definition) is 6. The van der Waals surface area contributed by atoms with Gasteiger partial charge in [-0.2, -0.15) is 5.26 Å². The minimum atomic E-state index is -0.537. The van der Waals surface area contributed by atoms with E-state index in [4.69, 9.17) is 11.0 Å². The van der Waals surface area contributed by atoms with E-state index in [2.05, 4.69) is 10.3 Å². The van der Waals surface area contributed by atoms with Gasteiger partial charge in [0.1, 0.15) is 6.07 Å². The highest BCUT2D eigenvalue weighted by atomic mass is 16.6. The second-order valence-electron chi connectivity index (χ2n) is 4.66. The smallest absolute Gasteiger partial charge is 0.312 e. The van der Waals surface area contributed by atoms with Crippen molar-refractivity contribution in [1.29, 1.82) is 5.26 Å². The van der Waals surface area contributed by atoms with Gasteiger partial charge in [-0.05, 0) is 12.8 Å². The standard InChI is InChI=1S/C12H15N5O2/c13-6-8-5-11(17(18)19)12(15-7-8)16-10-4-2-1-3-9(10)14/h5,7,9-10H,1-4,14H2,(H,15,16). The normalized spacial score (nSPS) is 22.5. The largest absolute Gasteiger partial charge is 0.360 e. The molecule has 0 aromatic carbocycles. The van der Waals surface area contributed by atoms with E-state index in [9.17, 15) is 10.1 Å². The fraction of sp³-hybridized carbons (Fsp3) is 0.500. The van der Waals surface area contributed by atoms with Gasteiger partial charge in [-0.15, -0.1) is 0 Å². The van der Waals surface area contributed by atoms with Gasteiger partial charge in [-0.25, -0.2) is 4.98 Å². The summed E-state index contributed by atoms with van der Waals surface area (Å²) >= 11 is 0. The first kappa shape index (κ1) is 13.2. The molecule has 1 fully saturated rings. The van der Waals surface area contributed by atoms with Gasteiger partial charge in [-0.1, -0.05) is 12.8 Å². The monoisotopic (exact) mass is 261 g/mol. The molecule has 0 spiro atoms. The molecule has 0 amide bonds. The van der Waals surface area contributed by atoms with Crippen molar-refractivity contribution in [1.82, 2.24) is 4.98 Å². The lowest BCUT2D eigenvalue weighted by Gasteiger charge is -2.29. The molecule has 1 aliphatic carbocycles. The molecule has 7 heteroatoms. The molecular weight excluding hydrogens is 246 g/mol. The summed E-state index contributed by atoms with van der Waals surface area (Å²) in [5.41, 5.74) is 5.98. The fourth-order valence-corrected chi connectivity index (χ4v) is 2.28. The molecule has 2 rings (SSSR count). The van der Waals surface area contributed by atoms with Crippen LogP contribution in [0.5, 0.6) is 0 Å². The number of pyridine rings is 1. The van der Waals surface area contributed by atoms with Crippen molar-refractivity contribution in [2.24, 2.45) is 5.73 Å². The van der Waals surface area contributed by atoms with Crippen LogP contribution in [0.25, 0.3) is 0 Å². The highest BCUT2D eigenvalue weighted by Crippen LogP contribution is 2.26. The summed E-state index contributed by atoms with van der Waals surface area (Å²) < 4.78 is 0. The summed E-state index contributed by atoms with van der Waals surface area (Å²) in [5, 5.41) is 22.8. The summed E-state index contributed by atoms with van der Waals surface area (Å²) in [6.07, 6.45) is 5.24. The van der Waals surface area contributed by atoms with Gasteiger partial charge in [0.15, 0.2) is 0 Å². The zero-order chi connectivity index (χ0) is 13.8. The lowest BCUT2D eigenvalue weighted by molar-refractivity contribution is -0.384. The number of anilines is 1. The molecule has 2 unspecified atom stereocenters. The van der Waals surface area contributed by atoms with Crippen LogP contribution in [0.2, 0.25) is 0 Å². The third-order valence-corrected chi connectivity index (χ3v) is 3.33. The lowest BCUT2D eigenvalue weighted by Crippen LogP contribution is -2.42. The van der Waals surface area contributed by atoms with Crippen LogP contribution in [0, 0.1) is 21.4 Å². The zero-order valence-corrected chi connectivity index (χ0v) is 10.4. The van der Waals surface area contributed by atoms with Crippen molar-refractivity contribution < 1.29 is 4.92 Å². The Morgan fingerprint density at radius 2 is 2.26 bits per heavy atom. The molecule has 19 heavy (non-hydrogen) atoms. The van der Waals surface area contributed by atoms with E-state index in [0.29, 0.717) is 0 Å². The predicted molar refractivity (Wildman–Crippen MR) is 69.5 cm³/mol. The van der Waals surface area contributed by atoms with Crippen molar-refractivity contribution >= 4 is 11.5 Å². The molecular formula is C12H15N5O2. The minimum absolute atomic E-state index is 0.00659. The van der Waals surface area contributed by atoms with Crippen LogP contribution in [0.4, 0.5) is 11.5 Å². The Kier molecular flexibility index (Phi) is 3.92. The van der Waals surface area contributed by atoms with E-state index >= 15 is 0 Å². The van der Waals surface area contributed by atoms with Gasteiger partial charge in [0, 0.05) is 24.3 Å². The Hall–Kier alpha value is -2.20. The number of nitrogens with two attached hydrogens (primary N) is 1. The minimum Gasteiger partial charge on any atom is -0.360 e. The average Bonchev–Trinajstić information content (AvgIpc) is 2.41. The van der Waals surface area contributed by atoms with E-state index in [-0.39, 0.29) is 29.2 Å². The first-order valence-corrected chi connectivity index (χ1v) is 6.18. The van der Waals surface area contributed by atoms with Gasteiger partial charge in [0.2, 0.25) is 5.82 Å². The van der Waals surface area contributed by atoms with Crippen LogP contribution in [0.1, 0.15) is 31.2 Å². The number of rotatable bonds is 3. The molecule has 1 saturated carbocycles. The van der Waals surface area contributed by atoms with Gasteiger partial charge in [-0.3, -0.25) is 10.1 Å². The topological polar surface area (TPSA) is 118 Å². The summed E-state index contributed by atoms with van der Waals surface area (Å²) in [6.45, 7) is 0. The van der Waals surface area contributed by atoms with E-state index in [0.717, 1.165) is 25.7 Å². The van der Waals surface area contributed by atoms with Crippen LogP contribution < -0.4 is 11.1 Å². The van der Waals surface area contributed by atoms with Gasteiger partial charge in [0.25, 0.3) is 0 Å². The summed E-state index contributed by atoms with van der Waals surface area (Å²) in [6, 6.07) is 3.04. The molecule has 7 nitrogen and oxygen atoms in total. The molecule has 1 aliphatic rings. The Bertz CT molecular complexity index is 525. The number of nitrogens with one attached hydrogen (secondary N) is 1. The Labute approximate surface area is 110 Å². The maximum atomic E-state index is 11.0. The summed E-state index contributed by atoms with van der Waals surface area (Å²) in [4.78, 5) is 14.4. The molecule has 1 aromatic heterocycles. The average molecular weight is 261 g/mol. The van der Waals surface area contributed by atoms with Crippen molar-refractivity contribution in [2.45, 2.75) is 37.8 Å². The maximum Gasteiger partial charge on any atom is 0.312 e. The third-order valence-electron chi connectivity index (χ3n) is 3.33.